The monoisotopic (exact) mass is 276 g/mol. The van der Waals surface area contributed by atoms with Crippen molar-refractivity contribution in [1.29, 1.82) is 0 Å². The van der Waals surface area contributed by atoms with Crippen LogP contribution in [0.4, 0.5) is 9.52 Å². The van der Waals surface area contributed by atoms with Gasteiger partial charge in [-0.2, -0.15) is 0 Å². The Morgan fingerprint density at radius 3 is 2.78 bits per heavy atom. The van der Waals surface area contributed by atoms with Crippen molar-refractivity contribution in [2.24, 2.45) is 0 Å². The first-order chi connectivity index (χ1) is 8.74. The minimum Gasteiger partial charge on any atom is -0.375 e. The first-order valence-corrected chi connectivity index (χ1v) is 7.00. The normalized spacial score (nSPS) is 10.7. The molecule has 1 aromatic carbocycles. The summed E-state index contributed by atoms with van der Waals surface area (Å²) < 4.78 is 13.3. The van der Waals surface area contributed by atoms with Gasteiger partial charge in [-0.05, 0) is 23.6 Å². The van der Waals surface area contributed by atoms with Crippen LogP contribution in [0.3, 0.4) is 0 Å². The van der Waals surface area contributed by atoms with Crippen LogP contribution in [0.25, 0.3) is 21.0 Å². The van der Waals surface area contributed by atoms with Crippen molar-refractivity contribution in [1.82, 2.24) is 4.98 Å². The van der Waals surface area contributed by atoms with Gasteiger partial charge in [0, 0.05) is 10.4 Å². The summed E-state index contributed by atoms with van der Waals surface area (Å²) in [5, 5.41) is 2.50. The van der Waals surface area contributed by atoms with E-state index in [4.69, 9.17) is 5.73 Å². The third-order valence-corrected chi connectivity index (χ3v) is 4.42. The Balaban J connectivity index is 2.18. The van der Waals surface area contributed by atoms with E-state index < -0.39 is 0 Å². The van der Waals surface area contributed by atoms with Gasteiger partial charge in [-0.15, -0.1) is 11.3 Å². The maximum atomic E-state index is 13.3. The van der Waals surface area contributed by atoms with Crippen molar-refractivity contribution in [2.75, 3.05) is 5.73 Å². The first-order valence-electron chi connectivity index (χ1n) is 5.30. The van der Waals surface area contributed by atoms with Crippen LogP contribution in [0.5, 0.6) is 0 Å². The molecule has 0 aliphatic carbocycles. The molecular formula is C13H9FN2S2. The molecule has 0 spiro atoms. The summed E-state index contributed by atoms with van der Waals surface area (Å²) in [4.78, 5) is 6.41. The summed E-state index contributed by atoms with van der Waals surface area (Å²) in [6.07, 6.45) is 0. The summed E-state index contributed by atoms with van der Waals surface area (Å²) in [5.41, 5.74) is 7.28. The molecule has 3 aromatic rings. The van der Waals surface area contributed by atoms with Crippen molar-refractivity contribution in [2.45, 2.75) is 0 Å². The quantitative estimate of drug-likeness (QED) is 0.759. The van der Waals surface area contributed by atoms with E-state index in [9.17, 15) is 4.39 Å². The number of nitrogens with zero attached hydrogens (tertiary/aromatic N) is 1. The van der Waals surface area contributed by atoms with Crippen molar-refractivity contribution in [3.63, 3.8) is 0 Å². The second kappa shape index (κ2) is 4.51. The van der Waals surface area contributed by atoms with E-state index in [0.717, 1.165) is 21.0 Å². The first kappa shape index (κ1) is 11.4. The van der Waals surface area contributed by atoms with Gasteiger partial charge in [-0.1, -0.05) is 29.5 Å². The molecule has 0 bridgehead atoms. The Hall–Kier alpha value is -1.72. The zero-order valence-electron chi connectivity index (χ0n) is 9.26. The molecule has 3 rings (SSSR count). The maximum absolute atomic E-state index is 13.3. The summed E-state index contributed by atoms with van der Waals surface area (Å²) >= 11 is 3.05. The van der Waals surface area contributed by atoms with E-state index in [1.54, 1.807) is 17.4 Å². The third kappa shape index (κ3) is 2.02. The summed E-state index contributed by atoms with van der Waals surface area (Å²) in [6.45, 7) is 0. The number of rotatable bonds is 2. The molecule has 0 amide bonds. The molecular weight excluding hydrogens is 267 g/mol. The van der Waals surface area contributed by atoms with Crippen LogP contribution in [0.1, 0.15) is 0 Å². The second-order valence-corrected chi connectivity index (χ2v) is 5.70. The standard InChI is InChI=1S/C13H9FN2S2/c14-9-4-1-3-8(7-9)11-12(18-13(15)16-11)10-5-2-6-17-10/h1-7H,(H2,15,16). The Morgan fingerprint density at radius 2 is 2.06 bits per heavy atom. The minimum atomic E-state index is -0.267. The van der Waals surface area contributed by atoms with E-state index >= 15 is 0 Å². The summed E-state index contributed by atoms with van der Waals surface area (Å²) in [6, 6.07) is 10.4. The predicted octanol–water partition coefficient (Wildman–Crippen LogP) is 4.26. The molecule has 2 N–H and O–H groups in total. The highest BCUT2D eigenvalue weighted by molar-refractivity contribution is 7.23. The predicted molar refractivity (Wildman–Crippen MR) is 75.2 cm³/mol. The average molecular weight is 276 g/mol. The highest BCUT2D eigenvalue weighted by Gasteiger charge is 2.14. The Labute approximate surface area is 112 Å². The van der Waals surface area contributed by atoms with Crippen LogP contribution < -0.4 is 5.73 Å². The zero-order valence-corrected chi connectivity index (χ0v) is 10.9. The van der Waals surface area contributed by atoms with Crippen molar-refractivity contribution in [3.05, 3.63) is 47.6 Å². The summed E-state index contributed by atoms with van der Waals surface area (Å²) in [5.74, 6) is -0.267. The van der Waals surface area contributed by atoms with Crippen LogP contribution in [-0.4, -0.2) is 4.98 Å². The van der Waals surface area contributed by atoms with Gasteiger partial charge < -0.3 is 5.73 Å². The lowest BCUT2D eigenvalue weighted by Gasteiger charge is -2.00. The van der Waals surface area contributed by atoms with Crippen LogP contribution in [0.15, 0.2) is 41.8 Å². The van der Waals surface area contributed by atoms with Crippen LogP contribution >= 0.6 is 22.7 Å². The van der Waals surface area contributed by atoms with E-state index in [1.807, 2.05) is 23.6 Å². The number of hydrogen-bond donors (Lipinski definition) is 1. The fraction of sp³-hybridized carbons (Fsp3) is 0. The summed E-state index contributed by atoms with van der Waals surface area (Å²) in [7, 11) is 0. The molecule has 0 atom stereocenters. The van der Waals surface area contributed by atoms with Gasteiger partial charge in [0.25, 0.3) is 0 Å². The van der Waals surface area contributed by atoms with E-state index in [0.29, 0.717) is 5.13 Å². The number of aromatic nitrogens is 1. The zero-order chi connectivity index (χ0) is 12.5. The molecule has 0 radical (unpaired) electrons. The molecule has 0 unspecified atom stereocenters. The van der Waals surface area contributed by atoms with Gasteiger partial charge in [-0.3, -0.25) is 0 Å². The molecule has 0 fully saturated rings. The number of thiophene rings is 1. The fourth-order valence-corrected chi connectivity index (χ4v) is 3.45. The average Bonchev–Trinajstić information content (AvgIpc) is 2.97. The number of halogens is 1. The lowest BCUT2D eigenvalue weighted by molar-refractivity contribution is 0.628. The third-order valence-electron chi connectivity index (χ3n) is 2.49. The Morgan fingerprint density at radius 1 is 1.17 bits per heavy atom. The van der Waals surface area contributed by atoms with Crippen molar-refractivity contribution < 1.29 is 4.39 Å². The minimum absolute atomic E-state index is 0.267. The van der Waals surface area contributed by atoms with E-state index in [-0.39, 0.29) is 5.82 Å². The van der Waals surface area contributed by atoms with Crippen LogP contribution in [0, 0.1) is 5.82 Å². The second-order valence-electron chi connectivity index (χ2n) is 3.72. The van der Waals surface area contributed by atoms with Crippen molar-refractivity contribution >= 4 is 27.8 Å². The van der Waals surface area contributed by atoms with Crippen LogP contribution in [-0.2, 0) is 0 Å². The number of nitrogens with two attached hydrogens (primary N) is 1. The SMILES string of the molecule is Nc1nc(-c2cccc(F)c2)c(-c2cccs2)s1. The van der Waals surface area contributed by atoms with Gasteiger partial charge in [0.15, 0.2) is 5.13 Å². The van der Waals surface area contributed by atoms with Crippen LogP contribution in [0.2, 0.25) is 0 Å². The molecule has 2 heterocycles. The molecule has 0 saturated heterocycles. The molecule has 0 aliphatic heterocycles. The Kier molecular flexibility index (Phi) is 2.85. The molecule has 18 heavy (non-hydrogen) atoms. The lowest BCUT2D eigenvalue weighted by Crippen LogP contribution is -1.84. The number of anilines is 1. The smallest absolute Gasteiger partial charge is 0.181 e. The number of benzene rings is 1. The van der Waals surface area contributed by atoms with Gasteiger partial charge >= 0.3 is 0 Å². The molecule has 2 nitrogen and oxygen atoms in total. The van der Waals surface area contributed by atoms with Crippen molar-refractivity contribution in [3.8, 4) is 21.0 Å². The number of thiazole rings is 1. The van der Waals surface area contributed by atoms with Gasteiger partial charge in [0.1, 0.15) is 5.82 Å². The molecule has 5 heteroatoms. The highest BCUT2D eigenvalue weighted by atomic mass is 32.1. The van der Waals surface area contributed by atoms with E-state index in [2.05, 4.69) is 4.98 Å². The highest BCUT2D eigenvalue weighted by Crippen LogP contribution is 2.39. The molecule has 0 aliphatic rings. The maximum Gasteiger partial charge on any atom is 0.181 e. The largest absolute Gasteiger partial charge is 0.375 e. The Bertz CT molecular complexity index is 674. The number of hydrogen-bond acceptors (Lipinski definition) is 4. The van der Waals surface area contributed by atoms with Gasteiger partial charge in [0.2, 0.25) is 0 Å². The van der Waals surface area contributed by atoms with Gasteiger partial charge in [0.05, 0.1) is 10.6 Å². The topological polar surface area (TPSA) is 38.9 Å². The molecule has 0 saturated carbocycles. The number of nitrogen functional groups attached to an aromatic ring is 1. The fourth-order valence-electron chi connectivity index (χ4n) is 1.74. The van der Waals surface area contributed by atoms with Gasteiger partial charge in [-0.25, -0.2) is 9.37 Å². The molecule has 2 aromatic heterocycles. The molecule has 90 valence electrons. The lowest BCUT2D eigenvalue weighted by atomic mass is 10.1. The van der Waals surface area contributed by atoms with E-state index in [1.165, 1.54) is 23.5 Å².